The Morgan fingerprint density at radius 3 is 2.15 bits per heavy atom. The van der Waals surface area contributed by atoms with Crippen molar-refractivity contribution >= 4 is 29.1 Å². The van der Waals surface area contributed by atoms with Gasteiger partial charge in [0.05, 0.1) is 30.4 Å². The Kier molecular flexibility index (Phi) is 7.58. The fraction of sp³-hybridized carbons (Fsp3) is 0.290. The number of hydrogen-bond donors (Lipinski definition) is 1. The molecule has 39 heavy (non-hydrogen) atoms. The molecule has 1 saturated heterocycles. The smallest absolute Gasteiger partial charge is 0.338 e. The van der Waals surface area contributed by atoms with Gasteiger partial charge in [0.1, 0.15) is 11.5 Å². The van der Waals surface area contributed by atoms with Crippen LogP contribution in [0, 0.1) is 0 Å². The van der Waals surface area contributed by atoms with Crippen LogP contribution in [0.4, 0.5) is 5.69 Å². The number of ether oxygens (including phenoxy) is 2. The first-order valence-electron chi connectivity index (χ1n) is 12.6. The molecular weight excluding hydrogens is 496 g/mol. The number of ketones is 1. The predicted octanol–water partition coefficient (Wildman–Crippen LogP) is 5.58. The number of anilines is 1. The molecule has 1 aromatic heterocycles. The molecule has 2 aromatic carbocycles. The van der Waals surface area contributed by atoms with Gasteiger partial charge in [-0.2, -0.15) is 0 Å². The summed E-state index contributed by atoms with van der Waals surface area (Å²) in [5.74, 6) is -1.73. The van der Waals surface area contributed by atoms with E-state index < -0.39 is 23.7 Å². The SMILES string of the molecule is COc1ccc(/C(O)=C2/C(=O)C(=O)N(c3ccc(C(=O)OC(C)C)cc3)C2c2ccncc2)cc1C(C)(C)C. The molecule has 0 aliphatic carbocycles. The topological polar surface area (TPSA) is 106 Å². The number of hydrogen-bond acceptors (Lipinski definition) is 7. The lowest BCUT2D eigenvalue weighted by Crippen LogP contribution is -2.29. The molecule has 0 bridgehead atoms. The second-order valence-electron chi connectivity index (χ2n) is 10.6. The van der Waals surface area contributed by atoms with E-state index in [1.165, 1.54) is 4.90 Å². The summed E-state index contributed by atoms with van der Waals surface area (Å²) in [6.07, 6.45) is 2.84. The van der Waals surface area contributed by atoms with Gasteiger partial charge in [-0.25, -0.2) is 4.79 Å². The molecule has 1 fully saturated rings. The number of esters is 1. The third-order valence-electron chi connectivity index (χ3n) is 6.47. The standard InChI is InChI=1S/C31H32N2O6/c1-18(2)39-30(37)20-7-10-22(11-8-20)33-26(19-13-15-32-16-14-19)25(28(35)29(33)36)27(34)21-9-12-24(38-6)23(17-21)31(3,4)5/h7-18,26,34H,1-6H3/b27-25-. The van der Waals surface area contributed by atoms with Crippen molar-refractivity contribution in [3.05, 3.63) is 94.8 Å². The van der Waals surface area contributed by atoms with Gasteiger partial charge in [-0.15, -0.1) is 0 Å². The highest BCUT2D eigenvalue weighted by Crippen LogP contribution is 2.43. The van der Waals surface area contributed by atoms with E-state index in [-0.39, 0.29) is 22.9 Å². The van der Waals surface area contributed by atoms with E-state index in [4.69, 9.17) is 9.47 Å². The van der Waals surface area contributed by atoms with E-state index in [1.807, 2.05) is 20.8 Å². The van der Waals surface area contributed by atoms with Crippen LogP contribution < -0.4 is 9.64 Å². The van der Waals surface area contributed by atoms with Crippen molar-refractivity contribution in [2.24, 2.45) is 0 Å². The van der Waals surface area contributed by atoms with Crippen LogP contribution >= 0.6 is 0 Å². The Balaban J connectivity index is 1.86. The van der Waals surface area contributed by atoms with E-state index in [0.717, 1.165) is 5.56 Å². The first-order valence-corrected chi connectivity index (χ1v) is 12.6. The Hall–Kier alpha value is -4.46. The number of amides is 1. The lowest BCUT2D eigenvalue weighted by Gasteiger charge is -2.26. The highest BCUT2D eigenvalue weighted by molar-refractivity contribution is 6.51. The summed E-state index contributed by atoms with van der Waals surface area (Å²) < 4.78 is 10.8. The molecule has 1 N–H and O–H groups in total. The number of nitrogens with zero attached hydrogens (tertiary/aromatic N) is 2. The van der Waals surface area contributed by atoms with Gasteiger partial charge in [0, 0.05) is 29.2 Å². The van der Waals surface area contributed by atoms with Gasteiger partial charge in [-0.3, -0.25) is 19.5 Å². The Labute approximate surface area is 227 Å². The molecule has 1 aliphatic heterocycles. The van der Waals surface area contributed by atoms with Gasteiger partial charge in [0.25, 0.3) is 11.7 Å². The van der Waals surface area contributed by atoms with Crippen molar-refractivity contribution < 1.29 is 29.0 Å². The van der Waals surface area contributed by atoms with Crippen LogP contribution in [-0.4, -0.2) is 41.0 Å². The van der Waals surface area contributed by atoms with Crippen molar-refractivity contribution in [3.8, 4) is 5.75 Å². The summed E-state index contributed by atoms with van der Waals surface area (Å²) in [6.45, 7) is 9.57. The first-order chi connectivity index (χ1) is 18.4. The molecule has 1 unspecified atom stereocenters. The van der Waals surface area contributed by atoms with Crippen LogP contribution in [0.25, 0.3) is 5.76 Å². The molecule has 1 atom stereocenters. The summed E-state index contributed by atoms with van der Waals surface area (Å²) in [5.41, 5.74) is 2.19. The summed E-state index contributed by atoms with van der Waals surface area (Å²) in [6, 6.07) is 13.9. The summed E-state index contributed by atoms with van der Waals surface area (Å²) in [5, 5.41) is 11.5. The lowest BCUT2D eigenvalue weighted by molar-refractivity contribution is -0.132. The van der Waals surface area contributed by atoms with Crippen LogP contribution in [0.5, 0.6) is 5.75 Å². The van der Waals surface area contributed by atoms with Crippen LogP contribution in [0.1, 0.15) is 67.7 Å². The van der Waals surface area contributed by atoms with E-state index in [0.29, 0.717) is 28.1 Å². The predicted molar refractivity (Wildman–Crippen MR) is 148 cm³/mol. The molecule has 0 radical (unpaired) electrons. The number of carbonyl (C=O) groups is 3. The fourth-order valence-corrected chi connectivity index (χ4v) is 4.60. The van der Waals surface area contributed by atoms with Gasteiger partial charge < -0.3 is 14.6 Å². The monoisotopic (exact) mass is 528 g/mol. The number of pyridine rings is 1. The third kappa shape index (κ3) is 5.41. The zero-order valence-corrected chi connectivity index (χ0v) is 22.9. The minimum Gasteiger partial charge on any atom is -0.507 e. The number of carbonyl (C=O) groups excluding carboxylic acids is 3. The fourth-order valence-electron chi connectivity index (χ4n) is 4.60. The molecule has 0 saturated carbocycles. The average Bonchev–Trinajstić information content (AvgIpc) is 3.17. The van der Waals surface area contributed by atoms with Crippen LogP contribution in [0.2, 0.25) is 0 Å². The normalized spacial score (nSPS) is 17.0. The van der Waals surface area contributed by atoms with Crippen molar-refractivity contribution in [1.82, 2.24) is 4.98 Å². The number of Topliss-reactive ketones (excluding diaryl/α,β-unsaturated/α-hetero) is 1. The second-order valence-corrected chi connectivity index (χ2v) is 10.6. The molecule has 1 amide bonds. The molecule has 3 aromatic rings. The lowest BCUT2D eigenvalue weighted by atomic mass is 9.84. The number of benzene rings is 2. The maximum Gasteiger partial charge on any atom is 0.338 e. The average molecular weight is 529 g/mol. The molecule has 4 rings (SSSR count). The van der Waals surface area contributed by atoms with Gasteiger partial charge in [-0.05, 0) is 79.4 Å². The molecule has 8 heteroatoms. The van der Waals surface area contributed by atoms with Gasteiger partial charge in [-0.1, -0.05) is 20.8 Å². The van der Waals surface area contributed by atoms with Gasteiger partial charge in [0.15, 0.2) is 0 Å². The summed E-state index contributed by atoms with van der Waals surface area (Å²) in [4.78, 5) is 44.6. The highest BCUT2D eigenvalue weighted by Gasteiger charge is 2.47. The third-order valence-corrected chi connectivity index (χ3v) is 6.47. The molecule has 8 nitrogen and oxygen atoms in total. The van der Waals surface area contributed by atoms with E-state index in [2.05, 4.69) is 4.98 Å². The van der Waals surface area contributed by atoms with E-state index >= 15 is 0 Å². The minimum absolute atomic E-state index is 0.0421. The van der Waals surface area contributed by atoms with Crippen LogP contribution in [0.15, 0.2) is 72.6 Å². The number of rotatable bonds is 6. The number of aliphatic hydroxyl groups is 1. The van der Waals surface area contributed by atoms with Crippen LogP contribution in [0.3, 0.4) is 0 Å². The highest BCUT2D eigenvalue weighted by atomic mass is 16.5. The van der Waals surface area contributed by atoms with E-state index in [9.17, 15) is 19.5 Å². The maximum absolute atomic E-state index is 13.5. The zero-order chi connectivity index (χ0) is 28.5. The molecular formula is C31H32N2O6. The Morgan fingerprint density at radius 1 is 0.974 bits per heavy atom. The van der Waals surface area contributed by atoms with Crippen molar-refractivity contribution in [2.75, 3.05) is 12.0 Å². The minimum atomic E-state index is -0.915. The van der Waals surface area contributed by atoms with Crippen molar-refractivity contribution in [3.63, 3.8) is 0 Å². The largest absolute Gasteiger partial charge is 0.507 e. The number of aliphatic hydroxyl groups excluding tert-OH is 1. The van der Waals surface area contributed by atoms with E-state index in [1.54, 1.807) is 87.9 Å². The zero-order valence-electron chi connectivity index (χ0n) is 22.9. The van der Waals surface area contributed by atoms with Crippen molar-refractivity contribution in [2.45, 2.75) is 52.2 Å². The van der Waals surface area contributed by atoms with Gasteiger partial charge >= 0.3 is 5.97 Å². The summed E-state index contributed by atoms with van der Waals surface area (Å²) in [7, 11) is 1.58. The molecule has 202 valence electrons. The second kappa shape index (κ2) is 10.7. The summed E-state index contributed by atoms with van der Waals surface area (Å²) >= 11 is 0. The number of aromatic nitrogens is 1. The quantitative estimate of drug-likeness (QED) is 0.193. The molecule has 2 heterocycles. The Bertz CT molecular complexity index is 1440. The van der Waals surface area contributed by atoms with Gasteiger partial charge in [0.2, 0.25) is 0 Å². The Morgan fingerprint density at radius 2 is 1.59 bits per heavy atom. The molecule has 1 aliphatic rings. The molecule has 0 spiro atoms. The maximum atomic E-state index is 13.5. The van der Waals surface area contributed by atoms with Crippen molar-refractivity contribution in [1.29, 1.82) is 0 Å². The number of methoxy groups -OCH3 is 1. The van der Waals surface area contributed by atoms with Crippen LogP contribution in [-0.2, 0) is 19.7 Å². The first kappa shape index (κ1) is 27.6.